The van der Waals surface area contributed by atoms with Crippen LogP contribution in [0.1, 0.15) is 36.2 Å². The number of hydrogen-bond acceptors (Lipinski definition) is 4. The normalized spacial score (nSPS) is 10.8. The lowest BCUT2D eigenvalue weighted by atomic mass is 10.2. The molecule has 0 spiro atoms. The van der Waals surface area contributed by atoms with Gasteiger partial charge in [0.25, 0.3) is 5.91 Å². The molecule has 0 aromatic heterocycles. The summed E-state index contributed by atoms with van der Waals surface area (Å²) in [7, 11) is 0. The number of hydrazone groups is 1. The minimum absolute atomic E-state index is 0.280. The molecule has 0 aliphatic carbocycles. The highest BCUT2D eigenvalue weighted by molar-refractivity contribution is 9.10. The molecule has 138 valence electrons. The molecule has 0 heterocycles. The Kier molecular flexibility index (Phi) is 8.12. The maximum Gasteiger partial charge on any atom is 0.271 e. The van der Waals surface area contributed by atoms with E-state index in [9.17, 15) is 4.79 Å². The molecule has 0 radical (unpaired) electrons. The zero-order valence-corrected chi connectivity index (χ0v) is 17.8. The minimum Gasteiger partial charge on any atom is -0.490 e. The molecule has 2 rings (SSSR count). The number of halogens is 2. The van der Waals surface area contributed by atoms with Crippen LogP contribution in [0.25, 0.3) is 0 Å². The van der Waals surface area contributed by atoms with E-state index in [2.05, 4.69) is 42.4 Å². The summed E-state index contributed by atoms with van der Waals surface area (Å²) in [4.78, 5) is 12.1. The van der Waals surface area contributed by atoms with E-state index >= 15 is 0 Å². The van der Waals surface area contributed by atoms with Crippen molar-refractivity contribution in [3.63, 3.8) is 0 Å². The van der Waals surface area contributed by atoms with Gasteiger partial charge in [-0.1, -0.05) is 22.9 Å². The van der Waals surface area contributed by atoms with E-state index in [-0.39, 0.29) is 5.91 Å². The summed E-state index contributed by atoms with van der Waals surface area (Å²) in [5.74, 6) is 1.04. The van der Waals surface area contributed by atoms with E-state index in [1.165, 1.54) is 0 Å². The molecule has 7 heteroatoms. The number of benzene rings is 2. The first-order chi connectivity index (χ1) is 12.5. The van der Waals surface area contributed by atoms with Crippen LogP contribution in [0.15, 0.2) is 50.4 Å². The van der Waals surface area contributed by atoms with Gasteiger partial charge < -0.3 is 9.47 Å². The third kappa shape index (κ3) is 5.85. The Hall–Kier alpha value is -1.86. The molecule has 26 heavy (non-hydrogen) atoms. The van der Waals surface area contributed by atoms with Gasteiger partial charge in [0.05, 0.1) is 19.4 Å². The second-order valence-electron chi connectivity index (χ2n) is 5.31. The van der Waals surface area contributed by atoms with Crippen LogP contribution in [0.2, 0.25) is 0 Å². The molecule has 2 aromatic carbocycles. The number of rotatable bonds is 8. The Balaban J connectivity index is 2.12. The molecule has 1 N–H and O–H groups in total. The molecule has 0 aliphatic heterocycles. The number of nitrogens with one attached hydrogen (secondary N) is 1. The van der Waals surface area contributed by atoms with Gasteiger partial charge in [0.2, 0.25) is 0 Å². The summed E-state index contributed by atoms with van der Waals surface area (Å²) >= 11 is 6.84. The van der Waals surface area contributed by atoms with Gasteiger partial charge in [0, 0.05) is 20.1 Å². The van der Waals surface area contributed by atoms with Crippen LogP contribution in [-0.4, -0.2) is 25.3 Å². The van der Waals surface area contributed by atoms with Crippen LogP contribution in [0.4, 0.5) is 0 Å². The predicted octanol–water partition coefficient (Wildman–Crippen LogP) is 5.16. The highest BCUT2D eigenvalue weighted by Gasteiger charge is 2.10. The predicted molar refractivity (Wildman–Crippen MR) is 110 cm³/mol. The van der Waals surface area contributed by atoms with Crippen molar-refractivity contribution in [2.75, 3.05) is 13.2 Å². The molecule has 0 unspecified atom stereocenters. The maximum atomic E-state index is 12.1. The lowest BCUT2D eigenvalue weighted by molar-refractivity contribution is 0.0955. The van der Waals surface area contributed by atoms with E-state index in [4.69, 9.17) is 9.47 Å². The third-order valence-electron chi connectivity index (χ3n) is 3.30. The van der Waals surface area contributed by atoms with Crippen molar-refractivity contribution in [1.29, 1.82) is 0 Å². The van der Waals surface area contributed by atoms with Crippen molar-refractivity contribution in [2.24, 2.45) is 5.10 Å². The number of ether oxygens (including phenoxy) is 2. The average molecular weight is 484 g/mol. The fourth-order valence-corrected chi connectivity index (χ4v) is 2.76. The Bertz CT molecular complexity index is 777. The zero-order chi connectivity index (χ0) is 18.9. The molecule has 1 amide bonds. The van der Waals surface area contributed by atoms with Crippen molar-refractivity contribution in [3.05, 3.63) is 56.5 Å². The largest absolute Gasteiger partial charge is 0.490 e. The van der Waals surface area contributed by atoms with Gasteiger partial charge in [-0.25, -0.2) is 5.43 Å². The maximum absolute atomic E-state index is 12.1. The second-order valence-corrected chi connectivity index (χ2v) is 7.08. The zero-order valence-electron chi connectivity index (χ0n) is 14.6. The molecule has 0 fully saturated rings. The fraction of sp³-hybridized carbons (Fsp3) is 0.263. The topological polar surface area (TPSA) is 59.9 Å². The summed E-state index contributed by atoms with van der Waals surface area (Å²) in [6, 6.07) is 10.7. The molecular weight excluding hydrogens is 464 g/mol. The Morgan fingerprint density at radius 3 is 2.46 bits per heavy atom. The van der Waals surface area contributed by atoms with Gasteiger partial charge in [-0.05, 0) is 65.7 Å². The van der Waals surface area contributed by atoms with Gasteiger partial charge in [-0.3, -0.25) is 4.79 Å². The Morgan fingerprint density at radius 1 is 1.12 bits per heavy atom. The molecule has 0 saturated heterocycles. The number of amides is 1. The highest BCUT2D eigenvalue weighted by Crippen LogP contribution is 2.33. The lowest BCUT2D eigenvalue weighted by Gasteiger charge is -2.13. The van der Waals surface area contributed by atoms with Crippen molar-refractivity contribution in [3.8, 4) is 11.5 Å². The van der Waals surface area contributed by atoms with E-state index < -0.39 is 0 Å². The van der Waals surface area contributed by atoms with E-state index in [1.807, 2.05) is 26.0 Å². The van der Waals surface area contributed by atoms with Crippen molar-refractivity contribution in [1.82, 2.24) is 5.43 Å². The van der Waals surface area contributed by atoms with Crippen molar-refractivity contribution < 1.29 is 14.3 Å². The summed E-state index contributed by atoms with van der Waals surface area (Å²) in [5, 5.41) is 4.03. The molecule has 0 saturated carbocycles. The molecule has 0 bridgehead atoms. The molecule has 0 aliphatic rings. The third-order valence-corrected chi connectivity index (χ3v) is 4.52. The van der Waals surface area contributed by atoms with Gasteiger partial charge in [0.15, 0.2) is 11.5 Å². The summed E-state index contributed by atoms with van der Waals surface area (Å²) in [6.07, 6.45) is 2.47. The van der Waals surface area contributed by atoms with Crippen molar-refractivity contribution in [2.45, 2.75) is 20.3 Å². The van der Waals surface area contributed by atoms with Crippen LogP contribution in [0.5, 0.6) is 11.5 Å². The first kappa shape index (κ1) is 20.5. The van der Waals surface area contributed by atoms with Crippen LogP contribution < -0.4 is 14.9 Å². The monoisotopic (exact) mass is 482 g/mol. The van der Waals surface area contributed by atoms with Gasteiger partial charge in [-0.15, -0.1) is 0 Å². The molecule has 0 atom stereocenters. The van der Waals surface area contributed by atoms with E-state index in [0.29, 0.717) is 30.3 Å². The lowest BCUT2D eigenvalue weighted by Crippen LogP contribution is -2.17. The van der Waals surface area contributed by atoms with Crippen LogP contribution in [-0.2, 0) is 0 Å². The standard InChI is InChI=1S/C19H20Br2N2O3/c1-3-9-26-18-11-16(21)14(10-17(18)25-4-2)12-22-23-19(24)13-5-7-15(20)8-6-13/h5-8,10-12H,3-4,9H2,1-2H3,(H,23,24)/b22-12+. The first-order valence-corrected chi connectivity index (χ1v) is 9.81. The smallest absolute Gasteiger partial charge is 0.271 e. The van der Waals surface area contributed by atoms with Crippen LogP contribution in [0.3, 0.4) is 0 Å². The number of hydrogen-bond donors (Lipinski definition) is 1. The summed E-state index contributed by atoms with van der Waals surface area (Å²) in [6.45, 7) is 5.10. The van der Waals surface area contributed by atoms with Gasteiger partial charge in [0.1, 0.15) is 0 Å². The Morgan fingerprint density at radius 2 is 1.81 bits per heavy atom. The van der Waals surface area contributed by atoms with E-state index in [1.54, 1.807) is 30.5 Å². The number of carbonyl (C=O) groups is 1. The highest BCUT2D eigenvalue weighted by atomic mass is 79.9. The van der Waals surface area contributed by atoms with Crippen molar-refractivity contribution >= 4 is 44.0 Å². The molecule has 5 nitrogen and oxygen atoms in total. The van der Waals surface area contributed by atoms with Crippen LogP contribution >= 0.6 is 31.9 Å². The minimum atomic E-state index is -0.280. The molecular formula is C19H20Br2N2O3. The summed E-state index contributed by atoms with van der Waals surface area (Å²) in [5.41, 5.74) is 3.82. The Labute approximate surface area is 170 Å². The number of carbonyl (C=O) groups excluding carboxylic acids is 1. The fourth-order valence-electron chi connectivity index (χ4n) is 2.07. The molecule has 2 aromatic rings. The quantitative estimate of drug-likeness (QED) is 0.416. The van der Waals surface area contributed by atoms with Gasteiger partial charge >= 0.3 is 0 Å². The van der Waals surface area contributed by atoms with Crippen LogP contribution in [0, 0.1) is 0 Å². The SMILES string of the molecule is CCCOc1cc(Br)c(/C=N/NC(=O)c2ccc(Br)cc2)cc1OCC. The first-order valence-electron chi connectivity index (χ1n) is 8.23. The van der Waals surface area contributed by atoms with E-state index in [0.717, 1.165) is 20.9 Å². The van der Waals surface area contributed by atoms with Gasteiger partial charge in [-0.2, -0.15) is 5.10 Å². The second kappa shape index (κ2) is 10.3. The number of nitrogens with zero attached hydrogens (tertiary/aromatic N) is 1. The summed E-state index contributed by atoms with van der Waals surface area (Å²) < 4.78 is 13.1. The average Bonchev–Trinajstić information content (AvgIpc) is 2.63.